The highest BCUT2D eigenvalue weighted by atomic mass is 79.9. The Balaban J connectivity index is 2.16. The zero-order chi connectivity index (χ0) is 13.8. The molecule has 104 valence electrons. The minimum absolute atomic E-state index is 0.0932. The summed E-state index contributed by atoms with van der Waals surface area (Å²) < 4.78 is 11.5. The number of carbonyl (C=O) groups is 1. The lowest BCUT2D eigenvalue weighted by molar-refractivity contribution is 0.157. The Labute approximate surface area is 121 Å². The van der Waals surface area contributed by atoms with Gasteiger partial charge in [-0.3, -0.25) is 0 Å². The van der Waals surface area contributed by atoms with Crippen LogP contribution in [0, 0.1) is 0 Å². The molecule has 1 fully saturated rings. The summed E-state index contributed by atoms with van der Waals surface area (Å²) in [7, 11) is 1.66. The standard InChI is InChI=1S/C14H18BrNO3/c1-3-6-16-12(9-19-14(16)17)8-10-7-11(15)4-5-13(10)18-2/h4-5,7,12H,3,6,8-9H2,1-2H3/t12-/m0/s1. The molecule has 2 rings (SSSR count). The number of amides is 1. The SMILES string of the molecule is CCCN1C(=O)OC[C@@H]1Cc1cc(Br)ccc1OC. The van der Waals surface area contributed by atoms with Gasteiger partial charge in [0.1, 0.15) is 12.4 Å². The molecule has 0 spiro atoms. The first-order valence-electron chi connectivity index (χ1n) is 6.41. The van der Waals surface area contributed by atoms with Gasteiger partial charge in [-0.25, -0.2) is 4.79 Å². The maximum Gasteiger partial charge on any atom is 0.410 e. The number of rotatable bonds is 5. The number of halogens is 1. The van der Waals surface area contributed by atoms with Crippen molar-refractivity contribution >= 4 is 22.0 Å². The van der Waals surface area contributed by atoms with Crippen LogP contribution in [0.15, 0.2) is 22.7 Å². The van der Waals surface area contributed by atoms with Crippen molar-refractivity contribution in [1.29, 1.82) is 0 Å². The Kier molecular flexibility index (Phi) is 4.69. The van der Waals surface area contributed by atoms with E-state index in [0.29, 0.717) is 6.61 Å². The molecule has 1 aliphatic heterocycles. The molecule has 0 aromatic heterocycles. The molecule has 5 heteroatoms. The first-order valence-corrected chi connectivity index (χ1v) is 7.20. The Morgan fingerprint density at radius 2 is 2.32 bits per heavy atom. The van der Waals surface area contributed by atoms with Crippen molar-refractivity contribution in [2.75, 3.05) is 20.3 Å². The third-order valence-corrected chi connectivity index (χ3v) is 3.73. The average molecular weight is 328 g/mol. The summed E-state index contributed by atoms with van der Waals surface area (Å²) in [5.41, 5.74) is 1.08. The predicted molar refractivity (Wildman–Crippen MR) is 76.5 cm³/mol. The minimum Gasteiger partial charge on any atom is -0.496 e. The van der Waals surface area contributed by atoms with Gasteiger partial charge >= 0.3 is 6.09 Å². The van der Waals surface area contributed by atoms with Gasteiger partial charge in [-0.15, -0.1) is 0 Å². The first-order chi connectivity index (χ1) is 9.15. The molecule has 1 amide bonds. The van der Waals surface area contributed by atoms with Crippen molar-refractivity contribution in [3.8, 4) is 5.75 Å². The van der Waals surface area contributed by atoms with E-state index in [1.54, 1.807) is 12.0 Å². The molecule has 0 aliphatic carbocycles. The van der Waals surface area contributed by atoms with Crippen LogP contribution in [-0.2, 0) is 11.2 Å². The molecule has 0 bridgehead atoms. The largest absolute Gasteiger partial charge is 0.496 e. The van der Waals surface area contributed by atoms with Crippen LogP contribution in [0.2, 0.25) is 0 Å². The molecule has 0 unspecified atom stereocenters. The Hall–Kier alpha value is -1.23. The number of cyclic esters (lactones) is 1. The topological polar surface area (TPSA) is 38.8 Å². The summed E-state index contributed by atoms with van der Waals surface area (Å²) in [6.07, 6.45) is 1.47. The zero-order valence-corrected chi connectivity index (χ0v) is 12.8. The zero-order valence-electron chi connectivity index (χ0n) is 11.2. The fourth-order valence-corrected chi connectivity index (χ4v) is 2.74. The Morgan fingerprint density at radius 1 is 1.53 bits per heavy atom. The number of benzene rings is 1. The quantitative estimate of drug-likeness (QED) is 0.833. The van der Waals surface area contributed by atoms with Crippen LogP contribution in [0.5, 0.6) is 5.75 Å². The second-order valence-electron chi connectivity index (χ2n) is 4.58. The van der Waals surface area contributed by atoms with Gasteiger partial charge in [0.2, 0.25) is 0 Å². The fraction of sp³-hybridized carbons (Fsp3) is 0.500. The molecule has 4 nitrogen and oxygen atoms in total. The van der Waals surface area contributed by atoms with Crippen LogP contribution >= 0.6 is 15.9 Å². The number of methoxy groups -OCH3 is 1. The summed E-state index contributed by atoms with van der Waals surface area (Å²) in [5, 5.41) is 0. The highest BCUT2D eigenvalue weighted by Crippen LogP contribution is 2.27. The van der Waals surface area contributed by atoms with Gasteiger partial charge in [0.15, 0.2) is 0 Å². The van der Waals surface area contributed by atoms with E-state index in [2.05, 4.69) is 22.9 Å². The lowest BCUT2D eigenvalue weighted by Crippen LogP contribution is -2.35. The van der Waals surface area contributed by atoms with Crippen LogP contribution in [0.4, 0.5) is 4.79 Å². The van der Waals surface area contributed by atoms with Crippen molar-refractivity contribution in [1.82, 2.24) is 4.90 Å². The summed E-state index contributed by atoms with van der Waals surface area (Å²) in [6.45, 7) is 3.25. The van der Waals surface area contributed by atoms with Crippen LogP contribution in [0.1, 0.15) is 18.9 Å². The Bertz CT molecular complexity index is 464. The lowest BCUT2D eigenvalue weighted by atomic mass is 10.0. The van der Waals surface area contributed by atoms with E-state index in [1.165, 1.54) is 0 Å². The predicted octanol–water partition coefficient (Wildman–Crippen LogP) is 3.23. The number of hydrogen-bond donors (Lipinski definition) is 0. The lowest BCUT2D eigenvalue weighted by Gasteiger charge is -2.21. The maximum atomic E-state index is 11.6. The van der Waals surface area contributed by atoms with Gasteiger partial charge in [0.05, 0.1) is 13.2 Å². The molecule has 1 atom stereocenters. The fourth-order valence-electron chi connectivity index (χ4n) is 2.33. The highest BCUT2D eigenvalue weighted by molar-refractivity contribution is 9.10. The smallest absolute Gasteiger partial charge is 0.410 e. The summed E-state index contributed by atoms with van der Waals surface area (Å²) in [6, 6.07) is 6.01. The van der Waals surface area contributed by atoms with E-state index in [-0.39, 0.29) is 12.1 Å². The molecule has 19 heavy (non-hydrogen) atoms. The van der Waals surface area contributed by atoms with Gasteiger partial charge in [-0.05, 0) is 36.6 Å². The summed E-state index contributed by atoms with van der Waals surface area (Å²) in [5.74, 6) is 0.846. The van der Waals surface area contributed by atoms with Crippen molar-refractivity contribution in [3.05, 3.63) is 28.2 Å². The molecule has 1 aromatic carbocycles. The van der Waals surface area contributed by atoms with Crippen LogP contribution in [0.3, 0.4) is 0 Å². The molecule has 0 N–H and O–H groups in total. The number of ether oxygens (including phenoxy) is 2. The van der Waals surface area contributed by atoms with E-state index >= 15 is 0 Å². The second-order valence-corrected chi connectivity index (χ2v) is 5.50. The molecule has 0 radical (unpaired) electrons. The summed E-state index contributed by atoms with van der Waals surface area (Å²) >= 11 is 3.47. The van der Waals surface area contributed by atoms with Crippen molar-refractivity contribution in [2.45, 2.75) is 25.8 Å². The molecule has 1 saturated heterocycles. The van der Waals surface area contributed by atoms with E-state index in [4.69, 9.17) is 9.47 Å². The van der Waals surface area contributed by atoms with Crippen molar-refractivity contribution in [2.24, 2.45) is 0 Å². The third-order valence-electron chi connectivity index (χ3n) is 3.24. The van der Waals surface area contributed by atoms with Crippen molar-refractivity contribution in [3.63, 3.8) is 0 Å². The normalized spacial score (nSPS) is 18.6. The number of hydrogen-bond acceptors (Lipinski definition) is 3. The van der Waals surface area contributed by atoms with Crippen LogP contribution in [-0.4, -0.2) is 37.3 Å². The van der Waals surface area contributed by atoms with Gasteiger partial charge < -0.3 is 14.4 Å². The minimum atomic E-state index is -0.208. The van der Waals surface area contributed by atoms with Crippen LogP contribution in [0.25, 0.3) is 0 Å². The molecular formula is C14H18BrNO3. The molecular weight excluding hydrogens is 310 g/mol. The van der Waals surface area contributed by atoms with Crippen LogP contribution < -0.4 is 4.74 Å². The average Bonchev–Trinajstić information content (AvgIpc) is 2.72. The highest BCUT2D eigenvalue weighted by Gasteiger charge is 2.32. The van der Waals surface area contributed by atoms with E-state index in [9.17, 15) is 4.79 Å². The number of nitrogens with zero attached hydrogens (tertiary/aromatic N) is 1. The maximum absolute atomic E-state index is 11.6. The van der Waals surface area contributed by atoms with E-state index < -0.39 is 0 Å². The van der Waals surface area contributed by atoms with Crippen molar-refractivity contribution < 1.29 is 14.3 Å². The molecule has 1 heterocycles. The van der Waals surface area contributed by atoms with Gasteiger partial charge in [0.25, 0.3) is 0 Å². The van der Waals surface area contributed by atoms with E-state index in [1.807, 2.05) is 18.2 Å². The van der Waals surface area contributed by atoms with Gasteiger partial charge in [-0.1, -0.05) is 22.9 Å². The Morgan fingerprint density at radius 3 is 3.00 bits per heavy atom. The molecule has 1 aliphatic rings. The number of carbonyl (C=O) groups excluding carboxylic acids is 1. The van der Waals surface area contributed by atoms with E-state index in [0.717, 1.165) is 35.2 Å². The third kappa shape index (κ3) is 3.21. The monoisotopic (exact) mass is 327 g/mol. The van der Waals surface area contributed by atoms with Gasteiger partial charge in [0, 0.05) is 11.0 Å². The summed E-state index contributed by atoms with van der Waals surface area (Å²) in [4.78, 5) is 13.5. The molecule has 1 aromatic rings. The second kappa shape index (κ2) is 6.28. The van der Waals surface area contributed by atoms with Gasteiger partial charge in [-0.2, -0.15) is 0 Å². The molecule has 0 saturated carbocycles. The first kappa shape index (κ1) is 14.2.